The average Bonchev–Trinajstić information content (AvgIpc) is 2.49. The first-order valence-corrected chi connectivity index (χ1v) is 11.0. The Morgan fingerprint density at radius 1 is 1.05 bits per heavy atom. The van der Waals surface area contributed by atoms with Gasteiger partial charge in [0.15, 0.2) is 0 Å². The Kier molecular flexibility index (Phi) is 5.44. The van der Waals surface area contributed by atoms with E-state index in [9.17, 15) is 0 Å². The first-order chi connectivity index (χ1) is 10.5. The van der Waals surface area contributed by atoms with Gasteiger partial charge in [0, 0.05) is 5.56 Å². The van der Waals surface area contributed by atoms with Crippen LogP contribution in [0, 0.1) is 23.3 Å². The van der Waals surface area contributed by atoms with Gasteiger partial charge in [-0.3, -0.25) is 0 Å². The number of fused-ring (bicyclic) bond motifs is 1. The van der Waals surface area contributed by atoms with Crippen LogP contribution in [0.1, 0.15) is 18.1 Å². The van der Waals surface area contributed by atoms with E-state index in [-0.39, 0.29) is 0 Å². The molecular formula is C20H22OSi. The molecule has 2 aromatic rings. The molecule has 2 rings (SSSR count). The zero-order chi connectivity index (χ0) is 16.0. The second-order valence-electron chi connectivity index (χ2n) is 6.24. The predicted molar refractivity (Wildman–Crippen MR) is 97.3 cm³/mol. The van der Waals surface area contributed by atoms with Crippen LogP contribution < -0.4 is 0 Å². The fraction of sp³-hybridized carbons (Fsp3) is 0.300. The quantitative estimate of drug-likeness (QED) is 0.457. The van der Waals surface area contributed by atoms with Gasteiger partial charge in [0.1, 0.15) is 14.7 Å². The maximum atomic E-state index is 5.65. The van der Waals surface area contributed by atoms with E-state index in [0.717, 1.165) is 11.1 Å². The highest BCUT2D eigenvalue weighted by atomic mass is 28.3. The van der Waals surface area contributed by atoms with Crippen LogP contribution in [0.15, 0.2) is 36.4 Å². The normalized spacial score (nSPS) is 10.5. The summed E-state index contributed by atoms with van der Waals surface area (Å²) in [6.07, 6.45) is 0. The summed E-state index contributed by atoms with van der Waals surface area (Å²) in [6, 6.07) is 12.6. The van der Waals surface area contributed by atoms with E-state index in [1.165, 1.54) is 10.8 Å². The molecule has 0 saturated carbocycles. The third-order valence-corrected chi connectivity index (χ3v) is 4.06. The lowest BCUT2D eigenvalue weighted by atomic mass is 10.00. The molecule has 0 radical (unpaired) electrons. The number of benzene rings is 2. The molecule has 0 aliphatic rings. The molecule has 1 nitrogen and oxygen atoms in total. The van der Waals surface area contributed by atoms with Gasteiger partial charge in [-0.1, -0.05) is 67.9 Å². The molecule has 0 spiro atoms. The van der Waals surface area contributed by atoms with Gasteiger partial charge in [-0.05, 0) is 23.3 Å². The smallest absolute Gasteiger partial charge is 0.129 e. The van der Waals surface area contributed by atoms with Crippen molar-refractivity contribution in [3.05, 3.63) is 47.5 Å². The van der Waals surface area contributed by atoms with Gasteiger partial charge < -0.3 is 4.74 Å². The second kappa shape index (κ2) is 7.32. The minimum atomic E-state index is -1.42. The summed E-state index contributed by atoms with van der Waals surface area (Å²) in [4.78, 5) is 0. The van der Waals surface area contributed by atoms with Gasteiger partial charge in [-0.15, -0.1) is 11.5 Å². The van der Waals surface area contributed by atoms with Crippen molar-refractivity contribution in [2.75, 3.05) is 6.61 Å². The highest BCUT2D eigenvalue weighted by Crippen LogP contribution is 2.22. The van der Waals surface area contributed by atoms with Crippen LogP contribution >= 0.6 is 0 Å². The Morgan fingerprint density at radius 2 is 1.82 bits per heavy atom. The Morgan fingerprint density at radius 3 is 2.55 bits per heavy atom. The van der Waals surface area contributed by atoms with E-state index < -0.39 is 8.07 Å². The van der Waals surface area contributed by atoms with Gasteiger partial charge in [0.25, 0.3) is 0 Å². The van der Waals surface area contributed by atoms with Gasteiger partial charge in [0.2, 0.25) is 0 Å². The van der Waals surface area contributed by atoms with E-state index in [4.69, 9.17) is 4.74 Å². The van der Waals surface area contributed by atoms with Crippen molar-refractivity contribution in [3.8, 4) is 23.3 Å². The molecule has 0 unspecified atom stereocenters. The SMILES string of the molecule is CC#CCOCc1ccc2ccccc2c1C#C[Si](C)(C)C. The van der Waals surface area contributed by atoms with E-state index in [0.29, 0.717) is 13.2 Å². The lowest BCUT2D eigenvalue weighted by molar-refractivity contribution is 0.153. The summed E-state index contributed by atoms with van der Waals surface area (Å²) in [5, 5.41) is 2.43. The highest BCUT2D eigenvalue weighted by molar-refractivity contribution is 6.83. The number of ether oxygens (including phenoxy) is 1. The Hall–Kier alpha value is -2.00. The first kappa shape index (κ1) is 16.4. The molecule has 2 aromatic carbocycles. The van der Waals surface area contributed by atoms with Crippen molar-refractivity contribution in [1.29, 1.82) is 0 Å². The van der Waals surface area contributed by atoms with Crippen LogP contribution in [0.25, 0.3) is 10.8 Å². The average molecular weight is 306 g/mol. The largest absolute Gasteiger partial charge is 0.364 e. The summed E-state index contributed by atoms with van der Waals surface area (Å²) in [5.74, 6) is 9.21. The highest BCUT2D eigenvalue weighted by Gasteiger charge is 2.10. The first-order valence-electron chi connectivity index (χ1n) is 7.52. The Labute approximate surface area is 134 Å². The van der Waals surface area contributed by atoms with Gasteiger partial charge in [0.05, 0.1) is 6.61 Å². The number of rotatable bonds is 3. The molecule has 0 bridgehead atoms. The minimum Gasteiger partial charge on any atom is -0.364 e. The minimum absolute atomic E-state index is 0.463. The Balaban J connectivity index is 2.44. The van der Waals surface area contributed by atoms with Crippen LogP contribution in [-0.4, -0.2) is 14.7 Å². The molecule has 0 amide bonds. The molecule has 2 heteroatoms. The van der Waals surface area contributed by atoms with Gasteiger partial charge >= 0.3 is 0 Å². The molecule has 0 aliphatic heterocycles. The zero-order valence-electron chi connectivity index (χ0n) is 13.8. The van der Waals surface area contributed by atoms with Gasteiger partial charge in [-0.25, -0.2) is 0 Å². The zero-order valence-corrected chi connectivity index (χ0v) is 14.8. The fourth-order valence-corrected chi connectivity index (χ4v) is 2.62. The molecular weight excluding hydrogens is 284 g/mol. The van der Waals surface area contributed by atoms with Crippen molar-refractivity contribution in [2.24, 2.45) is 0 Å². The van der Waals surface area contributed by atoms with Gasteiger partial charge in [-0.2, -0.15) is 0 Å². The summed E-state index contributed by atoms with van der Waals surface area (Å²) < 4.78 is 5.65. The van der Waals surface area contributed by atoms with Crippen molar-refractivity contribution >= 4 is 18.8 Å². The summed E-state index contributed by atoms with van der Waals surface area (Å²) in [5.41, 5.74) is 5.72. The summed E-state index contributed by atoms with van der Waals surface area (Å²) >= 11 is 0. The van der Waals surface area contributed by atoms with E-state index >= 15 is 0 Å². The third-order valence-electron chi connectivity index (χ3n) is 3.19. The second-order valence-corrected chi connectivity index (χ2v) is 11.0. The van der Waals surface area contributed by atoms with Crippen LogP contribution in [0.4, 0.5) is 0 Å². The molecule has 0 fully saturated rings. The lowest BCUT2D eigenvalue weighted by Crippen LogP contribution is -2.16. The van der Waals surface area contributed by atoms with Crippen LogP contribution in [0.2, 0.25) is 19.6 Å². The van der Waals surface area contributed by atoms with Crippen LogP contribution in [0.5, 0.6) is 0 Å². The van der Waals surface area contributed by atoms with Crippen molar-refractivity contribution < 1.29 is 4.74 Å². The topological polar surface area (TPSA) is 9.23 Å². The van der Waals surface area contributed by atoms with Crippen molar-refractivity contribution in [3.63, 3.8) is 0 Å². The molecule has 0 aliphatic carbocycles. The maximum absolute atomic E-state index is 5.65. The van der Waals surface area contributed by atoms with Crippen LogP contribution in [0.3, 0.4) is 0 Å². The fourth-order valence-electron chi connectivity index (χ4n) is 2.12. The molecule has 22 heavy (non-hydrogen) atoms. The summed E-state index contributed by atoms with van der Waals surface area (Å²) in [6.45, 7) is 9.62. The molecule has 0 aromatic heterocycles. The number of hydrogen-bond acceptors (Lipinski definition) is 1. The van der Waals surface area contributed by atoms with E-state index in [1.807, 2.05) is 6.92 Å². The predicted octanol–water partition coefficient (Wildman–Crippen LogP) is 4.61. The maximum Gasteiger partial charge on any atom is 0.129 e. The van der Waals surface area contributed by atoms with E-state index in [1.54, 1.807) is 0 Å². The number of hydrogen-bond donors (Lipinski definition) is 0. The molecule has 0 N–H and O–H groups in total. The lowest BCUT2D eigenvalue weighted by Gasteiger charge is -2.10. The molecule has 0 saturated heterocycles. The van der Waals surface area contributed by atoms with E-state index in [2.05, 4.69) is 79.3 Å². The molecule has 0 heterocycles. The molecule has 112 valence electrons. The molecule has 0 atom stereocenters. The Bertz CT molecular complexity index is 776. The third kappa shape index (κ3) is 4.50. The summed E-state index contributed by atoms with van der Waals surface area (Å²) in [7, 11) is -1.42. The van der Waals surface area contributed by atoms with Crippen molar-refractivity contribution in [2.45, 2.75) is 33.2 Å². The standard InChI is InChI=1S/C20H22OSi/c1-5-6-14-21-16-18-12-11-17-9-7-8-10-19(17)20(18)13-15-22(2,3)4/h7-12H,14,16H2,1-4H3. The van der Waals surface area contributed by atoms with Crippen LogP contribution in [-0.2, 0) is 11.3 Å². The monoisotopic (exact) mass is 306 g/mol. The van der Waals surface area contributed by atoms with Crippen molar-refractivity contribution in [1.82, 2.24) is 0 Å².